The van der Waals surface area contributed by atoms with E-state index in [1.54, 1.807) is 12.4 Å². The van der Waals surface area contributed by atoms with Crippen molar-refractivity contribution in [2.24, 2.45) is 0 Å². The number of aryl methyl sites for hydroxylation is 2. The highest BCUT2D eigenvalue weighted by molar-refractivity contribution is 5.86. The number of nitrogens with one attached hydrogen (secondary N) is 2. The Kier molecular flexibility index (Phi) is 4.50. The number of carbonyl (C=O) groups excluding carboxylic acids is 1. The lowest BCUT2D eigenvalue weighted by atomic mass is 10.2. The lowest BCUT2D eigenvalue weighted by molar-refractivity contribution is 0.250. The zero-order valence-corrected chi connectivity index (χ0v) is 13.4. The van der Waals surface area contributed by atoms with Gasteiger partial charge < -0.3 is 9.84 Å². The number of amides is 2. The summed E-state index contributed by atoms with van der Waals surface area (Å²) in [5, 5.41) is 8.96. The van der Waals surface area contributed by atoms with Crippen LogP contribution in [0.4, 0.5) is 10.8 Å². The highest BCUT2D eigenvalue weighted by Crippen LogP contribution is 2.13. The number of carbonyl (C=O) groups is 1. The van der Waals surface area contributed by atoms with Crippen LogP contribution < -0.4 is 10.6 Å². The largest absolute Gasteiger partial charge is 0.334 e. The zero-order valence-electron chi connectivity index (χ0n) is 13.4. The number of imidazole rings is 1. The van der Waals surface area contributed by atoms with E-state index in [2.05, 4.69) is 30.7 Å². The molecule has 3 rings (SSSR count). The number of urea groups is 1. The van der Waals surface area contributed by atoms with Gasteiger partial charge in [-0.05, 0) is 13.0 Å². The Morgan fingerprint density at radius 3 is 2.92 bits per heavy atom. The molecule has 3 aromatic heterocycles. The molecule has 0 aliphatic rings. The van der Waals surface area contributed by atoms with Gasteiger partial charge in [0.15, 0.2) is 5.82 Å². The Morgan fingerprint density at radius 2 is 2.21 bits per heavy atom. The van der Waals surface area contributed by atoms with E-state index in [4.69, 9.17) is 4.52 Å². The number of rotatable bonds is 5. The zero-order chi connectivity index (χ0) is 16.9. The van der Waals surface area contributed by atoms with Crippen molar-refractivity contribution in [2.45, 2.75) is 26.8 Å². The number of nitrogens with zero attached hydrogens (tertiary/aromatic N) is 5. The van der Waals surface area contributed by atoms with Crippen molar-refractivity contribution in [2.75, 3.05) is 5.32 Å². The third-order valence-electron chi connectivity index (χ3n) is 3.37. The van der Waals surface area contributed by atoms with Crippen LogP contribution >= 0.6 is 0 Å². The molecule has 0 spiro atoms. The minimum absolute atomic E-state index is 0.0706. The van der Waals surface area contributed by atoms with Crippen LogP contribution in [0.25, 0.3) is 5.82 Å². The van der Waals surface area contributed by atoms with Gasteiger partial charge in [-0.2, -0.15) is 4.98 Å². The molecule has 24 heavy (non-hydrogen) atoms. The van der Waals surface area contributed by atoms with E-state index in [-0.39, 0.29) is 6.01 Å². The van der Waals surface area contributed by atoms with Crippen LogP contribution in [0.15, 0.2) is 35.2 Å². The standard InChI is InChI=1S/C15H17N7O2/c1-3-12-19-15(24-21-12)20-14(23)18-9-11-5-4-6-17-13(11)22-8-7-16-10(22)2/h4-8H,3,9H2,1-2H3,(H2,18,19,20,21,23). The van der Waals surface area contributed by atoms with Crippen molar-refractivity contribution in [1.82, 2.24) is 30.0 Å². The monoisotopic (exact) mass is 327 g/mol. The first kappa shape index (κ1) is 15.7. The average molecular weight is 327 g/mol. The molecule has 0 atom stereocenters. The Labute approximate surface area is 138 Å². The van der Waals surface area contributed by atoms with Gasteiger partial charge >= 0.3 is 12.0 Å². The fraction of sp³-hybridized carbons (Fsp3) is 0.267. The van der Waals surface area contributed by atoms with E-state index in [0.29, 0.717) is 18.8 Å². The van der Waals surface area contributed by atoms with Crippen LogP contribution in [-0.4, -0.2) is 30.7 Å². The lowest BCUT2D eigenvalue weighted by Crippen LogP contribution is -2.29. The summed E-state index contributed by atoms with van der Waals surface area (Å²) in [6.45, 7) is 4.08. The Bertz CT molecular complexity index is 840. The summed E-state index contributed by atoms with van der Waals surface area (Å²) in [5.74, 6) is 2.08. The van der Waals surface area contributed by atoms with Crippen molar-refractivity contribution in [1.29, 1.82) is 0 Å². The fourth-order valence-electron chi connectivity index (χ4n) is 2.15. The first-order valence-corrected chi connectivity index (χ1v) is 7.49. The third kappa shape index (κ3) is 3.40. The van der Waals surface area contributed by atoms with Gasteiger partial charge in [0, 0.05) is 37.1 Å². The van der Waals surface area contributed by atoms with Gasteiger partial charge in [0.2, 0.25) is 0 Å². The molecule has 0 saturated heterocycles. The summed E-state index contributed by atoms with van der Waals surface area (Å²) in [5.41, 5.74) is 0.855. The van der Waals surface area contributed by atoms with Crippen molar-refractivity contribution < 1.29 is 9.32 Å². The Balaban J connectivity index is 1.66. The predicted molar refractivity (Wildman–Crippen MR) is 85.6 cm³/mol. The maximum atomic E-state index is 12.0. The molecule has 124 valence electrons. The van der Waals surface area contributed by atoms with Gasteiger partial charge in [-0.15, -0.1) is 0 Å². The van der Waals surface area contributed by atoms with Gasteiger partial charge in [0.25, 0.3) is 0 Å². The van der Waals surface area contributed by atoms with E-state index in [1.807, 2.05) is 36.7 Å². The maximum absolute atomic E-state index is 12.0. The molecule has 0 aliphatic heterocycles. The molecule has 9 heteroatoms. The predicted octanol–water partition coefficient (Wildman–Crippen LogP) is 1.84. The summed E-state index contributed by atoms with van der Waals surface area (Å²) in [7, 11) is 0. The summed E-state index contributed by atoms with van der Waals surface area (Å²) in [6.07, 6.45) is 5.86. The summed E-state index contributed by atoms with van der Waals surface area (Å²) in [4.78, 5) is 24.5. The maximum Gasteiger partial charge on any atom is 0.329 e. The van der Waals surface area contributed by atoms with Crippen LogP contribution in [0.5, 0.6) is 0 Å². The SMILES string of the molecule is CCc1noc(NC(=O)NCc2cccnc2-n2ccnc2C)n1. The van der Waals surface area contributed by atoms with Crippen molar-refractivity contribution in [3.63, 3.8) is 0 Å². The lowest BCUT2D eigenvalue weighted by Gasteiger charge is -2.11. The second-order valence-corrected chi connectivity index (χ2v) is 5.01. The average Bonchev–Trinajstić information content (AvgIpc) is 3.22. The Morgan fingerprint density at radius 1 is 1.33 bits per heavy atom. The minimum Gasteiger partial charge on any atom is -0.334 e. The molecule has 0 aliphatic carbocycles. The molecule has 0 bridgehead atoms. The van der Waals surface area contributed by atoms with Gasteiger partial charge in [-0.1, -0.05) is 18.1 Å². The molecular weight excluding hydrogens is 310 g/mol. The minimum atomic E-state index is -0.432. The van der Waals surface area contributed by atoms with Crippen LogP contribution in [0.1, 0.15) is 24.1 Å². The van der Waals surface area contributed by atoms with Crippen molar-refractivity contribution >= 4 is 12.0 Å². The van der Waals surface area contributed by atoms with Crippen LogP contribution in [0.2, 0.25) is 0 Å². The fourth-order valence-corrected chi connectivity index (χ4v) is 2.15. The van der Waals surface area contributed by atoms with Crippen LogP contribution in [-0.2, 0) is 13.0 Å². The van der Waals surface area contributed by atoms with Crippen LogP contribution in [0, 0.1) is 6.92 Å². The van der Waals surface area contributed by atoms with Crippen LogP contribution in [0.3, 0.4) is 0 Å². The highest BCUT2D eigenvalue weighted by Gasteiger charge is 2.11. The number of pyridine rings is 1. The van der Waals surface area contributed by atoms with Gasteiger partial charge in [-0.25, -0.2) is 14.8 Å². The van der Waals surface area contributed by atoms with E-state index in [9.17, 15) is 4.79 Å². The first-order chi connectivity index (χ1) is 11.7. The molecule has 0 fully saturated rings. The van der Waals surface area contributed by atoms with E-state index in [1.165, 1.54) is 0 Å². The number of hydrogen-bond acceptors (Lipinski definition) is 6. The Hall–Kier alpha value is -3.23. The molecule has 2 amide bonds. The molecule has 3 aromatic rings. The summed E-state index contributed by atoms with van der Waals surface area (Å²) < 4.78 is 6.78. The van der Waals surface area contributed by atoms with Crippen molar-refractivity contribution in [3.05, 3.63) is 47.9 Å². The summed E-state index contributed by atoms with van der Waals surface area (Å²) >= 11 is 0. The summed E-state index contributed by atoms with van der Waals surface area (Å²) in [6, 6.07) is 3.35. The van der Waals surface area contributed by atoms with E-state index < -0.39 is 6.03 Å². The van der Waals surface area contributed by atoms with Crippen molar-refractivity contribution in [3.8, 4) is 5.82 Å². The molecule has 3 heterocycles. The van der Waals surface area contributed by atoms with Gasteiger partial charge in [-0.3, -0.25) is 9.88 Å². The van der Waals surface area contributed by atoms with E-state index >= 15 is 0 Å². The molecule has 2 N–H and O–H groups in total. The molecule has 0 saturated carbocycles. The number of anilines is 1. The highest BCUT2D eigenvalue weighted by atomic mass is 16.5. The normalized spacial score (nSPS) is 10.6. The van der Waals surface area contributed by atoms with Gasteiger partial charge in [0.05, 0.1) is 0 Å². The number of aromatic nitrogens is 5. The molecule has 0 aromatic carbocycles. The molecule has 0 radical (unpaired) electrons. The quantitative estimate of drug-likeness (QED) is 0.740. The molecule has 9 nitrogen and oxygen atoms in total. The molecule has 0 unspecified atom stereocenters. The smallest absolute Gasteiger partial charge is 0.329 e. The second-order valence-electron chi connectivity index (χ2n) is 5.01. The van der Waals surface area contributed by atoms with E-state index in [0.717, 1.165) is 17.2 Å². The van der Waals surface area contributed by atoms with Gasteiger partial charge in [0.1, 0.15) is 11.6 Å². The first-order valence-electron chi connectivity index (χ1n) is 7.49. The second kappa shape index (κ2) is 6.90. The topological polar surface area (TPSA) is 111 Å². The molecular formula is C15H17N7O2. The third-order valence-corrected chi connectivity index (χ3v) is 3.37. The number of hydrogen-bond donors (Lipinski definition) is 2.